The summed E-state index contributed by atoms with van der Waals surface area (Å²) < 4.78 is 5.39. The minimum atomic E-state index is -0.396. The molecule has 0 aromatic carbocycles. The van der Waals surface area contributed by atoms with Crippen molar-refractivity contribution in [2.75, 3.05) is 26.2 Å². The van der Waals surface area contributed by atoms with Crippen molar-refractivity contribution >= 4 is 6.09 Å². The highest BCUT2D eigenvalue weighted by atomic mass is 16.6. The number of hydrogen-bond donors (Lipinski definition) is 0. The molecule has 0 spiro atoms. The Balaban J connectivity index is 2.43. The van der Waals surface area contributed by atoms with Gasteiger partial charge in [0.2, 0.25) is 0 Å². The Morgan fingerprint density at radius 2 is 1.94 bits per heavy atom. The molecule has 0 unspecified atom stereocenters. The summed E-state index contributed by atoms with van der Waals surface area (Å²) in [7, 11) is 0. The van der Waals surface area contributed by atoms with Gasteiger partial charge < -0.3 is 14.5 Å². The second-order valence-corrected chi connectivity index (χ2v) is 5.60. The first-order valence-electron chi connectivity index (χ1n) is 6.59. The monoisotopic (exact) mass is 242 g/mol. The summed E-state index contributed by atoms with van der Waals surface area (Å²) in [5.41, 5.74) is -0.396. The number of likely N-dealkylation sites (tertiary alicyclic amines) is 1. The first-order chi connectivity index (χ1) is 7.87. The van der Waals surface area contributed by atoms with Crippen LogP contribution in [0.2, 0.25) is 0 Å². The molecule has 1 heterocycles. The van der Waals surface area contributed by atoms with Crippen LogP contribution < -0.4 is 0 Å². The summed E-state index contributed by atoms with van der Waals surface area (Å²) in [6, 6.07) is 0.338. The van der Waals surface area contributed by atoms with Gasteiger partial charge in [-0.05, 0) is 40.3 Å². The maximum atomic E-state index is 11.9. The van der Waals surface area contributed by atoms with Gasteiger partial charge in [-0.3, -0.25) is 0 Å². The lowest BCUT2D eigenvalue weighted by molar-refractivity contribution is -0.0114. The predicted octanol–water partition coefficient (Wildman–Crippen LogP) is 2.34. The molecule has 0 bridgehead atoms. The smallest absolute Gasteiger partial charge is 0.410 e. The zero-order valence-electron chi connectivity index (χ0n) is 11.8. The number of amides is 1. The van der Waals surface area contributed by atoms with Crippen molar-refractivity contribution in [2.24, 2.45) is 0 Å². The van der Waals surface area contributed by atoms with Crippen LogP contribution >= 0.6 is 0 Å². The molecule has 4 nitrogen and oxygen atoms in total. The lowest BCUT2D eigenvalue weighted by Gasteiger charge is -2.43. The SMILES string of the molecule is CCN(CC)C[C@@H]1CCN1C(=O)OC(C)(C)C. The maximum Gasteiger partial charge on any atom is 0.410 e. The molecule has 100 valence electrons. The van der Waals surface area contributed by atoms with Crippen molar-refractivity contribution in [2.45, 2.75) is 52.7 Å². The molecule has 0 saturated carbocycles. The van der Waals surface area contributed by atoms with Gasteiger partial charge in [-0.25, -0.2) is 4.79 Å². The summed E-state index contributed by atoms with van der Waals surface area (Å²) in [5.74, 6) is 0. The summed E-state index contributed by atoms with van der Waals surface area (Å²) in [5, 5.41) is 0. The minimum absolute atomic E-state index is 0.166. The first kappa shape index (κ1) is 14.3. The highest BCUT2D eigenvalue weighted by Gasteiger charge is 2.35. The maximum absolute atomic E-state index is 11.9. The van der Waals surface area contributed by atoms with Gasteiger partial charge in [0.25, 0.3) is 0 Å². The molecule has 1 saturated heterocycles. The molecule has 1 amide bonds. The number of carbonyl (C=O) groups excluding carboxylic acids is 1. The fourth-order valence-corrected chi connectivity index (χ4v) is 1.97. The third-order valence-electron chi connectivity index (χ3n) is 3.14. The van der Waals surface area contributed by atoms with Gasteiger partial charge in [0.15, 0.2) is 0 Å². The van der Waals surface area contributed by atoms with E-state index in [-0.39, 0.29) is 6.09 Å². The highest BCUT2D eigenvalue weighted by Crippen LogP contribution is 2.21. The van der Waals surface area contributed by atoms with Gasteiger partial charge >= 0.3 is 6.09 Å². The number of ether oxygens (including phenoxy) is 1. The van der Waals surface area contributed by atoms with E-state index < -0.39 is 5.60 Å². The molecule has 1 atom stereocenters. The zero-order valence-corrected chi connectivity index (χ0v) is 11.8. The van der Waals surface area contributed by atoms with Crippen LogP contribution in [0.25, 0.3) is 0 Å². The van der Waals surface area contributed by atoms with Crippen LogP contribution in [0.4, 0.5) is 4.79 Å². The Bertz CT molecular complexity index is 257. The number of nitrogens with zero attached hydrogens (tertiary/aromatic N) is 2. The molecule has 0 aliphatic carbocycles. The topological polar surface area (TPSA) is 32.8 Å². The normalized spacial score (nSPS) is 20.4. The van der Waals surface area contributed by atoms with Crippen LogP contribution in [-0.4, -0.2) is 53.7 Å². The van der Waals surface area contributed by atoms with E-state index in [4.69, 9.17) is 4.74 Å². The molecule has 0 radical (unpaired) electrons. The van der Waals surface area contributed by atoms with E-state index in [9.17, 15) is 4.79 Å². The quantitative estimate of drug-likeness (QED) is 0.758. The summed E-state index contributed by atoms with van der Waals surface area (Å²) in [4.78, 5) is 16.1. The van der Waals surface area contributed by atoms with Crippen LogP contribution in [0.5, 0.6) is 0 Å². The molecule has 0 N–H and O–H groups in total. The van der Waals surface area contributed by atoms with Crippen molar-refractivity contribution in [1.82, 2.24) is 9.80 Å². The Hall–Kier alpha value is -0.770. The molecule has 1 rings (SSSR count). The molecular formula is C13H26N2O2. The van der Waals surface area contributed by atoms with Crippen molar-refractivity contribution < 1.29 is 9.53 Å². The van der Waals surface area contributed by atoms with E-state index in [2.05, 4.69) is 18.7 Å². The van der Waals surface area contributed by atoms with Gasteiger partial charge in [-0.15, -0.1) is 0 Å². The largest absolute Gasteiger partial charge is 0.444 e. The van der Waals surface area contributed by atoms with Crippen LogP contribution in [0.1, 0.15) is 41.0 Å². The second-order valence-electron chi connectivity index (χ2n) is 5.60. The number of carbonyl (C=O) groups is 1. The van der Waals surface area contributed by atoms with Gasteiger partial charge in [-0.2, -0.15) is 0 Å². The van der Waals surface area contributed by atoms with E-state index in [1.165, 1.54) is 0 Å². The van der Waals surface area contributed by atoms with Crippen LogP contribution in [0.3, 0.4) is 0 Å². The lowest BCUT2D eigenvalue weighted by atomic mass is 10.0. The fourth-order valence-electron chi connectivity index (χ4n) is 1.97. The van der Waals surface area contributed by atoms with Crippen molar-refractivity contribution in [1.29, 1.82) is 0 Å². The van der Waals surface area contributed by atoms with E-state index in [0.29, 0.717) is 6.04 Å². The average Bonchev–Trinajstić information content (AvgIpc) is 2.14. The third-order valence-corrected chi connectivity index (χ3v) is 3.14. The first-order valence-corrected chi connectivity index (χ1v) is 6.59. The fraction of sp³-hybridized carbons (Fsp3) is 0.923. The summed E-state index contributed by atoms with van der Waals surface area (Å²) in [6.45, 7) is 13.9. The Morgan fingerprint density at radius 1 is 1.35 bits per heavy atom. The molecule has 4 heteroatoms. The minimum Gasteiger partial charge on any atom is -0.444 e. The van der Waals surface area contributed by atoms with Crippen molar-refractivity contribution in [3.05, 3.63) is 0 Å². The molecule has 0 aromatic heterocycles. The van der Waals surface area contributed by atoms with Gasteiger partial charge in [0.1, 0.15) is 5.60 Å². The van der Waals surface area contributed by atoms with Gasteiger partial charge in [0, 0.05) is 19.1 Å². The van der Waals surface area contributed by atoms with Crippen molar-refractivity contribution in [3.63, 3.8) is 0 Å². The van der Waals surface area contributed by atoms with E-state index in [1.807, 2.05) is 25.7 Å². The number of rotatable bonds is 4. The van der Waals surface area contributed by atoms with Crippen LogP contribution in [0, 0.1) is 0 Å². The molecule has 1 aliphatic rings. The standard InChI is InChI=1S/C13H26N2O2/c1-6-14(7-2)10-11-8-9-15(11)12(16)17-13(3,4)5/h11H,6-10H2,1-5H3/t11-/m0/s1. The third kappa shape index (κ3) is 4.19. The van der Waals surface area contributed by atoms with Gasteiger partial charge in [0.05, 0.1) is 0 Å². The van der Waals surface area contributed by atoms with E-state index in [0.717, 1.165) is 32.6 Å². The second kappa shape index (κ2) is 5.71. The highest BCUT2D eigenvalue weighted by molar-refractivity contribution is 5.69. The molecule has 1 fully saturated rings. The Kier molecular flexibility index (Phi) is 4.80. The van der Waals surface area contributed by atoms with Crippen LogP contribution in [-0.2, 0) is 4.74 Å². The van der Waals surface area contributed by atoms with E-state index >= 15 is 0 Å². The van der Waals surface area contributed by atoms with E-state index in [1.54, 1.807) is 0 Å². The lowest BCUT2D eigenvalue weighted by Crippen LogP contribution is -2.56. The Morgan fingerprint density at radius 3 is 2.29 bits per heavy atom. The summed E-state index contributed by atoms with van der Waals surface area (Å²) in [6.07, 6.45) is 0.927. The molecule has 1 aliphatic heterocycles. The number of likely N-dealkylation sites (N-methyl/N-ethyl adjacent to an activating group) is 1. The van der Waals surface area contributed by atoms with Crippen molar-refractivity contribution in [3.8, 4) is 0 Å². The molecular weight excluding hydrogens is 216 g/mol. The zero-order chi connectivity index (χ0) is 13.1. The Labute approximate surface area is 105 Å². The number of hydrogen-bond acceptors (Lipinski definition) is 3. The molecule has 17 heavy (non-hydrogen) atoms. The van der Waals surface area contributed by atoms with Crippen LogP contribution in [0.15, 0.2) is 0 Å². The summed E-state index contributed by atoms with van der Waals surface area (Å²) >= 11 is 0. The average molecular weight is 242 g/mol. The predicted molar refractivity (Wildman–Crippen MR) is 69.1 cm³/mol. The van der Waals surface area contributed by atoms with Gasteiger partial charge in [-0.1, -0.05) is 13.8 Å². The molecule has 0 aromatic rings.